The fraction of sp³-hybridized carbons (Fsp3) is 0.625. The van der Waals surface area contributed by atoms with Gasteiger partial charge in [-0.1, -0.05) is 56.6 Å². The molecule has 0 spiro atoms. The Labute approximate surface area is 101 Å². The van der Waals surface area contributed by atoms with Gasteiger partial charge in [-0.15, -0.1) is 0 Å². The van der Waals surface area contributed by atoms with Gasteiger partial charge in [0.1, 0.15) is 0 Å². The minimum Gasteiger partial charge on any atom is -0.0845 e. The average Bonchev–Trinajstić information content (AvgIpc) is 2.28. The van der Waals surface area contributed by atoms with Gasteiger partial charge >= 0.3 is 0 Å². The van der Waals surface area contributed by atoms with Crippen LogP contribution in [-0.4, -0.2) is 0 Å². The zero-order valence-corrected chi connectivity index (χ0v) is 10.8. The minimum absolute atomic E-state index is 1.23. The van der Waals surface area contributed by atoms with Crippen LogP contribution < -0.4 is 0 Å². The van der Waals surface area contributed by atoms with E-state index in [-0.39, 0.29) is 0 Å². The third-order valence-electron chi connectivity index (χ3n) is 3.09. The number of hydrogen-bond acceptors (Lipinski definition) is 0. The Kier molecular flexibility index (Phi) is 7.84. The highest BCUT2D eigenvalue weighted by atomic mass is 14.0. The van der Waals surface area contributed by atoms with Crippen molar-refractivity contribution in [2.24, 2.45) is 0 Å². The third-order valence-corrected chi connectivity index (χ3v) is 3.09. The van der Waals surface area contributed by atoms with Gasteiger partial charge < -0.3 is 0 Å². The first-order valence-corrected chi connectivity index (χ1v) is 6.95. The molecule has 0 atom stereocenters. The van der Waals surface area contributed by atoms with Gasteiger partial charge in [-0.2, -0.15) is 0 Å². The molecule has 1 aliphatic carbocycles. The highest BCUT2D eigenvalue weighted by molar-refractivity contribution is 5.23. The van der Waals surface area contributed by atoms with Crippen LogP contribution in [0.1, 0.15) is 64.7 Å². The monoisotopic (exact) mass is 218 g/mol. The van der Waals surface area contributed by atoms with Gasteiger partial charge in [-0.3, -0.25) is 0 Å². The molecule has 0 amide bonds. The topological polar surface area (TPSA) is 0 Å². The van der Waals surface area contributed by atoms with Gasteiger partial charge in [0, 0.05) is 0 Å². The molecule has 16 heavy (non-hydrogen) atoms. The lowest BCUT2D eigenvalue weighted by Gasteiger charge is -2.02. The fourth-order valence-corrected chi connectivity index (χ4v) is 2.00. The predicted molar refractivity (Wildman–Crippen MR) is 73.6 cm³/mol. The highest BCUT2D eigenvalue weighted by Gasteiger charge is 1.93. The zero-order valence-electron chi connectivity index (χ0n) is 10.8. The van der Waals surface area contributed by atoms with E-state index in [0.717, 1.165) is 0 Å². The van der Waals surface area contributed by atoms with E-state index >= 15 is 0 Å². The van der Waals surface area contributed by atoms with Crippen molar-refractivity contribution in [1.29, 1.82) is 0 Å². The number of rotatable bonds is 3. The van der Waals surface area contributed by atoms with Crippen molar-refractivity contribution < 1.29 is 0 Å². The molecule has 0 aromatic carbocycles. The molecular formula is C16H26. The Bertz CT molecular complexity index is 243. The molecule has 1 rings (SSSR count). The Morgan fingerprint density at radius 2 is 1.75 bits per heavy atom. The molecule has 90 valence electrons. The predicted octanol–water partition coefficient (Wildman–Crippen LogP) is 5.57. The number of allylic oxidation sites excluding steroid dienone is 6. The van der Waals surface area contributed by atoms with Gasteiger partial charge in [0.25, 0.3) is 0 Å². The largest absolute Gasteiger partial charge is 0.0845 e. The SMILES string of the molecule is CCCCC1=C/C=C\CCCCCCC=C1. The minimum atomic E-state index is 1.23. The molecule has 0 N–H and O–H groups in total. The van der Waals surface area contributed by atoms with Crippen LogP contribution in [0, 0.1) is 0 Å². The maximum absolute atomic E-state index is 2.36. The molecule has 0 saturated carbocycles. The summed E-state index contributed by atoms with van der Waals surface area (Å²) >= 11 is 0. The molecule has 0 aromatic heterocycles. The Hall–Kier alpha value is -0.780. The molecule has 1 aliphatic rings. The van der Waals surface area contributed by atoms with Gasteiger partial charge in [0.05, 0.1) is 0 Å². The van der Waals surface area contributed by atoms with Crippen molar-refractivity contribution in [2.75, 3.05) is 0 Å². The molecule has 0 heterocycles. The van der Waals surface area contributed by atoms with E-state index in [4.69, 9.17) is 0 Å². The van der Waals surface area contributed by atoms with Crippen molar-refractivity contribution >= 4 is 0 Å². The lowest BCUT2D eigenvalue weighted by molar-refractivity contribution is 0.652. The second-order valence-corrected chi connectivity index (χ2v) is 4.67. The van der Waals surface area contributed by atoms with Crippen LogP contribution in [0.25, 0.3) is 0 Å². The zero-order chi connectivity index (χ0) is 11.5. The second-order valence-electron chi connectivity index (χ2n) is 4.67. The van der Waals surface area contributed by atoms with E-state index in [9.17, 15) is 0 Å². The van der Waals surface area contributed by atoms with Gasteiger partial charge in [0.15, 0.2) is 0 Å². The van der Waals surface area contributed by atoms with Gasteiger partial charge in [0.2, 0.25) is 0 Å². The normalized spacial score (nSPS) is 20.7. The van der Waals surface area contributed by atoms with Crippen molar-refractivity contribution in [3.63, 3.8) is 0 Å². The maximum Gasteiger partial charge on any atom is -0.0279 e. The van der Waals surface area contributed by atoms with Crippen LogP contribution in [0.15, 0.2) is 36.0 Å². The first kappa shape index (κ1) is 13.3. The molecule has 0 unspecified atom stereocenters. The van der Waals surface area contributed by atoms with E-state index < -0.39 is 0 Å². The van der Waals surface area contributed by atoms with Gasteiger partial charge in [-0.05, 0) is 44.1 Å². The summed E-state index contributed by atoms with van der Waals surface area (Å²) in [6.07, 6.45) is 23.4. The molecule has 0 bridgehead atoms. The van der Waals surface area contributed by atoms with Crippen molar-refractivity contribution in [1.82, 2.24) is 0 Å². The van der Waals surface area contributed by atoms with Gasteiger partial charge in [-0.25, -0.2) is 0 Å². The smallest absolute Gasteiger partial charge is 0.0279 e. The van der Waals surface area contributed by atoms with Crippen LogP contribution >= 0.6 is 0 Å². The van der Waals surface area contributed by atoms with E-state index in [1.807, 2.05) is 0 Å². The van der Waals surface area contributed by atoms with Crippen LogP contribution in [0.4, 0.5) is 0 Å². The number of unbranched alkanes of at least 4 members (excludes halogenated alkanes) is 1. The lowest BCUT2D eigenvalue weighted by Crippen LogP contribution is -1.82. The second kappa shape index (κ2) is 9.45. The summed E-state index contributed by atoms with van der Waals surface area (Å²) in [4.78, 5) is 0. The van der Waals surface area contributed by atoms with Crippen molar-refractivity contribution in [2.45, 2.75) is 64.7 Å². The van der Waals surface area contributed by atoms with E-state index in [1.54, 1.807) is 0 Å². The quantitative estimate of drug-likeness (QED) is 0.581. The summed E-state index contributed by atoms with van der Waals surface area (Å²) in [5, 5.41) is 0. The number of hydrogen-bond donors (Lipinski definition) is 0. The maximum atomic E-state index is 2.36. The molecule has 0 radical (unpaired) electrons. The molecule has 0 aliphatic heterocycles. The first-order valence-electron chi connectivity index (χ1n) is 6.95. The Morgan fingerprint density at radius 3 is 2.50 bits per heavy atom. The van der Waals surface area contributed by atoms with Crippen molar-refractivity contribution in [3.05, 3.63) is 36.0 Å². The molecule has 0 fully saturated rings. The third kappa shape index (κ3) is 6.66. The van der Waals surface area contributed by atoms with Crippen LogP contribution in [0.5, 0.6) is 0 Å². The van der Waals surface area contributed by atoms with E-state index in [1.165, 1.54) is 63.4 Å². The van der Waals surface area contributed by atoms with E-state index in [2.05, 4.69) is 37.3 Å². The van der Waals surface area contributed by atoms with E-state index in [0.29, 0.717) is 0 Å². The van der Waals surface area contributed by atoms with Crippen LogP contribution in [0.2, 0.25) is 0 Å². The summed E-state index contributed by atoms with van der Waals surface area (Å²) in [5.74, 6) is 0. The summed E-state index contributed by atoms with van der Waals surface area (Å²) in [6.45, 7) is 2.26. The highest BCUT2D eigenvalue weighted by Crippen LogP contribution is 2.13. The molecule has 0 nitrogen and oxygen atoms in total. The van der Waals surface area contributed by atoms with Crippen LogP contribution in [0.3, 0.4) is 0 Å². The molecular weight excluding hydrogens is 192 g/mol. The first-order chi connectivity index (χ1) is 7.93. The summed E-state index contributed by atoms with van der Waals surface area (Å²) in [7, 11) is 0. The average molecular weight is 218 g/mol. The van der Waals surface area contributed by atoms with Crippen LogP contribution in [-0.2, 0) is 0 Å². The van der Waals surface area contributed by atoms with Crippen molar-refractivity contribution in [3.8, 4) is 0 Å². The summed E-state index contributed by atoms with van der Waals surface area (Å²) < 4.78 is 0. The summed E-state index contributed by atoms with van der Waals surface area (Å²) in [5.41, 5.74) is 1.50. The lowest BCUT2D eigenvalue weighted by atomic mass is 10.0. The standard InChI is InChI=1S/C16H26/c1-2-3-13-16-14-11-9-7-5-4-6-8-10-12-15-16/h9,11-12,14-15H,2-8,10,13H2,1H3/b11-9-,15-12?,16-14?. The fourth-order valence-electron chi connectivity index (χ4n) is 2.00. The summed E-state index contributed by atoms with van der Waals surface area (Å²) in [6, 6.07) is 0. The molecule has 0 aromatic rings. The molecule has 0 saturated heterocycles. The Balaban J connectivity index is 2.51. The Morgan fingerprint density at radius 1 is 1.00 bits per heavy atom. The molecule has 0 heteroatoms.